The third-order valence-electron chi connectivity index (χ3n) is 2.84. The Morgan fingerprint density at radius 2 is 1.88 bits per heavy atom. The topological polar surface area (TPSA) is 30.7 Å². The fourth-order valence-electron chi connectivity index (χ4n) is 1.88. The van der Waals surface area contributed by atoms with E-state index in [2.05, 4.69) is 29.0 Å². The Hall–Kier alpha value is -2.16. The van der Waals surface area contributed by atoms with E-state index in [0.29, 0.717) is 0 Å². The van der Waals surface area contributed by atoms with Crippen molar-refractivity contribution in [2.45, 2.75) is 13.5 Å². The molecule has 0 atom stereocenters. The van der Waals surface area contributed by atoms with Crippen molar-refractivity contribution in [3.63, 3.8) is 0 Å². The number of nitrogens with zero attached hydrogens (tertiary/aromatic N) is 3. The number of aryl methyl sites for hydroxylation is 1. The first-order chi connectivity index (χ1) is 8.36. The first kappa shape index (κ1) is 10.0. The van der Waals surface area contributed by atoms with E-state index >= 15 is 0 Å². The molecule has 17 heavy (non-hydrogen) atoms. The van der Waals surface area contributed by atoms with E-state index in [1.807, 2.05) is 41.4 Å². The Bertz CT molecular complexity index is 598. The second-order valence-corrected chi connectivity index (χ2v) is 3.98. The van der Waals surface area contributed by atoms with E-state index in [1.165, 1.54) is 0 Å². The molecule has 3 nitrogen and oxygen atoms in total. The Balaban J connectivity index is 2.12. The molecule has 0 unspecified atom stereocenters. The number of fused-ring (bicyclic) bond motifs is 1. The first-order valence-electron chi connectivity index (χ1n) is 5.75. The van der Waals surface area contributed by atoms with Crippen molar-refractivity contribution >= 4 is 0 Å². The molecule has 84 valence electrons. The Labute approximate surface area is 100 Å². The zero-order valence-electron chi connectivity index (χ0n) is 9.67. The van der Waals surface area contributed by atoms with Crippen molar-refractivity contribution in [3.05, 3.63) is 48.9 Å². The van der Waals surface area contributed by atoms with Gasteiger partial charge in [0, 0.05) is 18.3 Å². The minimum atomic E-state index is 0.913. The molecule has 2 aliphatic heterocycles. The predicted octanol–water partition coefficient (Wildman–Crippen LogP) is 3.07. The molecule has 0 spiro atoms. The summed E-state index contributed by atoms with van der Waals surface area (Å²) < 4.78 is 2.03. The SMILES string of the molecule is CCn1cnc2cc(-c3ccccc3)nc-2c1. The molecule has 3 rings (SSSR count). The molecule has 1 aromatic carbocycles. The molecular formula is C14H13N3. The maximum Gasteiger partial charge on any atom is 0.106 e. The second-order valence-electron chi connectivity index (χ2n) is 3.98. The summed E-state index contributed by atoms with van der Waals surface area (Å²) in [5, 5.41) is 0. The monoisotopic (exact) mass is 223 g/mol. The van der Waals surface area contributed by atoms with Gasteiger partial charge in [-0.3, -0.25) is 0 Å². The molecule has 0 saturated heterocycles. The van der Waals surface area contributed by atoms with E-state index in [0.717, 1.165) is 29.2 Å². The van der Waals surface area contributed by atoms with Crippen LogP contribution in [-0.4, -0.2) is 14.5 Å². The van der Waals surface area contributed by atoms with Crippen molar-refractivity contribution < 1.29 is 0 Å². The fourth-order valence-corrected chi connectivity index (χ4v) is 1.88. The van der Waals surface area contributed by atoms with E-state index < -0.39 is 0 Å². The van der Waals surface area contributed by atoms with E-state index in [4.69, 9.17) is 0 Å². The van der Waals surface area contributed by atoms with Gasteiger partial charge in [-0.1, -0.05) is 30.3 Å². The number of benzene rings is 1. The summed E-state index contributed by atoms with van der Waals surface area (Å²) in [5.41, 5.74) is 4.03. The van der Waals surface area contributed by atoms with Crippen LogP contribution < -0.4 is 0 Å². The zero-order valence-corrected chi connectivity index (χ0v) is 9.67. The quantitative estimate of drug-likeness (QED) is 0.668. The highest BCUT2D eigenvalue weighted by Gasteiger charge is 2.11. The van der Waals surface area contributed by atoms with Crippen LogP contribution in [0.1, 0.15) is 6.92 Å². The molecular weight excluding hydrogens is 210 g/mol. The molecule has 0 amide bonds. The molecule has 0 N–H and O–H groups in total. The van der Waals surface area contributed by atoms with Gasteiger partial charge in [-0.05, 0) is 13.0 Å². The highest BCUT2D eigenvalue weighted by molar-refractivity contribution is 5.70. The smallest absolute Gasteiger partial charge is 0.106 e. The van der Waals surface area contributed by atoms with Gasteiger partial charge in [0.05, 0.1) is 17.7 Å². The Morgan fingerprint density at radius 3 is 2.65 bits per heavy atom. The Morgan fingerprint density at radius 1 is 1.06 bits per heavy atom. The van der Waals surface area contributed by atoms with Crippen LogP contribution in [0.15, 0.2) is 48.9 Å². The summed E-state index contributed by atoms with van der Waals surface area (Å²) in [6.45, 7) is 3.00. The van der Waals surface area contributed by atoms with Crippen molar-refractivity contribution in [2.75, 3.05) is 0 Å². The van der Waals surface area contributed by atoms with Crippen LogP contribution in [0.25, 0.3) is 22.6 Å². The highest BCUT2D eigenvalue weighted by atomic mass is 15.0. The van der Waals surface area contributed by atoms with Gasteiger partial charge in [-0.2, -0.15) is 0 Å². The number of aromatic nitrogens is 3. The minimum Gasteiger partial charge on any atom is -0.337 e. The molecule has 0 aliphatic carbocycles. The molecule has 0 aromatic heterocycles. The van der Waals surface area contributed by atoms with E-state index in [-0.39, 0.29) is 0 Å². The summed E-state index contributed by atoms with van der Waals surface area (Å²) in [4.78, 5) is 9.01. The maximum atomic E-state index is 4.61. The molecule has 0 bridgehead atoms. The molecule has 0 radical (unpaired) electrons. The average Bonchev–Trinajstić information content (AvgIpc) is 2.82. The lowest BCUT2D eigenvalue weighted by Crippen LogP contribution is -1.97. The van der Waals surface area contributed by atoms with Crippen molar-refractivity contribution in [3.8, 4) is 22.6 Å². The van der Waals surface area contributed by atoms with Gasteiger partial charge >= 0.3 is 0 Å². The summed E-state index contributed by atoms with van der Waals surface area (Å²) >= 11 is 0. The zero-order chi connectivity index (χ0) is 11.7. The summed E-state index contributed by atoms with van der Waals surface area (Å²) in [6.07, 6.45) is 3.88. The van der Waals surface area contributed by atoms with Crippen LogP contribution >= 0.6 is 0 Å². The first-order valence-corrected chi connectivity index (χ1v) is 5.75. The lowest BCUT2D eigenvalue weighted by atomic mass is 10.1. The number of rotatable bonds is 2. The third-order valence-corrected chi connectivity index (χ3v) is 2.84. The normalized spacial score (nSPS) is 10.9. The second kappa shape index (κ2) is 4.01. The number of hydrogen-bond donors (Lipinski definition) is 0. The van der Waals surface area contributed by atoms with Crippen molar-refractivity contribution in [2.24, 2.45) is 0 Å². The van der Waals surface area contributed by atoms with Gasteiger partial charge in [0.1, 0.15) is 5.69 Å². The minimum absolute atomic E-state index is 0.913. The third kappa shape index (κ3) is 1.80. The standard InChI is InChI=1S/C14H13N3/c1-2-17-9-14-13(15-10-17)8-12(16-14)11-6-4-3-5-7-11/h3-10H,2H2,1H3. The van der Waals surface area contributed by atoms with Crippen LogP contribution in [-0.2, 0) is 6.54 Å². The Kier molecular flexibility index (Phi) is 2.37. The lowest BCUT2D eigenvalue weighted by Gasteiger charge is -2.02. The summed E-state index contributed by atoms with van der Waals surface area (Å²) in [7, 11) is 0. The maximum absolute atomic E-state index is 4.61. The molecule has 2 aliphatic rings. The van der Waals surface area contributed by atoms with Crippen LogP contribution in [0.4, 0.5) is 0 Å². The van der Waals surface area contributed by atoms with E-state index in [9.17, 15) is 0 Å². The van der Waals surface area contributed by atoms with E-state index in [1.54, 1.807) is 0 Å². The van der Waals surface area contributed by atoms with Gasteiger partial charge < -0.3 is 4.57 Å². The largest absolute Gasteiger partial charge is 0.337 e. The molecule has 0 fully saturated rings. The summed E-state index contributed by atoms with van der Waals surface area (Å²) in [6, 6.07) is 12.2. The molecule has 2 heterocycles. The van der Waals surface area contributed by atoms with Crippen LogP contribution in [0, 0.1) is 0 Å². The van der Waals surface area contributed by atoms with Crippen molar-refractivity contribution in [1.82, 2.24) is 14.5 Å². The van der Waals surface area contributed by atoms with Gasteiger partial charge in [-0.25, -0.2) is 9.97 Å². The van der Waals surface area contributed by atoms with Crippen LogP contribution in [0.3, 0.4) is 0 Å². The van der Waals surface area contributed by atoms with Gasteiger partial charge in [0.25, 0.3) is 0 Å². The van der Waals surface area contributed by atoms with Crippen LogP contribution in [0.5, 0.6) is 0 Å². The van der Waals surface area contributed by atoms with Gasteiger partial charge in [-0.15, -0.1) is 0 Å². The molecule has 1 aromatic rings. The number of hydrogen-bond acceptors (Lipinski definition) is 2. The summed E-state index contributed by atoms with van der Waals surface area (Å²) in [5.74, 6) is 0. The average molecular weight is 223 g/mol. The van der Waals surface area contributed by atoms with Gasteiger partial charge in [0.15, 0.2) is 0 Å². The van der Waals surface area contributed by atoms with Crippen molar-refractivity contribution in [1.29, 1.82) is 0 Å². The predicted molar refractivity (Wildman–Crippen MR) is 67.8 cm³/mol. The molecule has 3 heteroatoms. The van der Waals surface area contributed by atoms with Crippen LogP contribution in [0.2, 0.25) is 0 Å². The highest BCUT2D eigenvalue weighted by Crippen LogP contribution is 2.26. The van der Waals surface area contributed by atoms with Gasteiger partial charge in [0.2, 0.25) is 0 Å². The molecule has 0 saturated carbocycles. The lowest BCUT2D eigenvalue weighted by molar-refractivity contribution is 0.734. The fraction of sp³-hybridized carbons (Fsp3) is 0.143.